The van der Waals surface area contributed by atoms with Gasteiger partial charge in [0, 0.05) is 25.6 Å². The molecule has 3 atom stereocenters. The predicted molar refractivity (Wildman–Crippen MR) is 106 cm³/mol. The average Bonchev–Trinajstić information content (AvgIpc) is 2.34. The van der Waals surface area contributed by atoms with Crippen LogP contribution in [0.5, 0.6) is 0 Å². The molecule has 0 aromatic heterocycles. The van der Waals surface area contributed by atoms with Crippen LogP contribution in [-0.2, 0) is 13.9 Å². The first kappa shape index (κ1) is 22.6. The third kappa shape index (κ3) is 7.90. The van der Waals surface area contributed by atoms with Gasteiger partial charge in [-0.15, -0.1) is 0 Å². The van der Waals surface area contributed by atoms with E-state index in [-0.39, 0.29) is 11.1 Å². The molecule has 132 valence electrons. The van der Waals surface area contributed by atoms with E-state index in [1.165, 1.54) is 3.58 Å². The fourth-order valence-corrected chi connectivity index (χ4v) is 3.77. The summed E-state index contributed by atoms with van der Waals surface area (Å²) in [6.45, 7) is 19.0. The van der Waals surface area contributed by atoms with Gasteiger partial charge in [0.05, 0.1) is 6.10 Å². The van der Waals surface area contributed by atoms with Gasteiger partial charge in [-0.2, -0.15) is 0 Å². The number of halogens is 1. The number of methoxy groups -OCH3 is 1. The molecule has 0 saturated carbocycles. The first-order chi connectivity index (χ1) is 9.92. The highest BCUT2D eigenvalue weighted by atomic mass is 127. The maximum absolute atomic E-state index is 6.37. The highest BCUT2D eigenvalue weighted by molar-refractivity contribution is 14.1. The molecule has 0 radical (unpaired) electrons. The third-order valence-corrected chi connectivity index (χ3v) is 9.32. The lowest BCUT2D eigenvalue weighted by atomic mass is 9.93. The molecular weight excluding hydrogens is 407 g/mol. The largest absolute Gasteiger partial charge is 0.416 e. The van der Waals surface area contributed by atoms with E-state index in [0.717, 1.165) is 6.61 Å². The van der Waals surface area contributed by atoms with Crippen molar-refractivity contribution in [3.05, 3.63) is 9.66 Å². The molecule has 0 N–H and O–H groups in total. The summed E-state index contributed by atoms with van der Waals surface area (Å²) < 4.78 is 18.7. The summed E-state index contributed by atoms with van der Waals surface area (Å²) in [7, 11) is -0.0507. The zero-order valence-corrected chi connectivity index (χ0v) is 19.0. The van der Waals surface area contributed by atoms with E-state index in [1.807, 2.05) is 0 Å². The summed E-state index contributed by atoms with van der Waals surface area (Å²) in [6, 6.07) is 0. The van der Waals surface area contributed by atoms with Crippen LogP contribution in [0.1, 0.15) is 41.5 Å². The number of rotatable bonds is 9. The van der Waals surface area contributed by atoms with Gasteiger partial charge in [-0.05, 0) is 51.2 Å². The molecule has 0 aliphatic heterocycles. The van der Waals surface area contributed by atoms with E-state index in [9.17, 15) is 0 Å². The van der Waals surface area contributed by atoms with E-state index >= 15 is 0 Å². The van der Waals surface area contributed by atoms with Crippen molar-refractivity contribution in [3.63, 3.8) is 0 Å². The van der Waals surface area contributed by atoms with Crippen LogP contribution in [0.2, 0.25) is 18.1 Å². The van der Waals surface area contributed by atoms with E-state index < -0.39 is 8.32 Å². The molecular formula is C17H35IO3Si. The van der Waals surface area contributed by atoms with Crippen LogP contribution < -0.4 is 0 Å². The highest BCUT2D eigenvalue weighted by Gasteiger charge is 2.38. The van der Waals surface area contributed by atoms with E-state index in [2.05, 4.69) is 83.3 Å². The second-order valence-corrected chi connectivity index (χ2v) is 14.2. The molecule has 0 aromatic rings. The van der Waals surface area contributed by atoms with Crippen LogP contribution in [0.15, 0.2) is 9.66 Å². The molecule has 0 bridgehead atoms. The molecule has 0 aromatic carbocycles. The Morgan fingerprint density at radius 2 is 1.77 bits per heavy atom. The van der Waals surface area contributed by atoms with Gasteiger partial charge in [0.2, 0.25) is 0 Å². The van der Waals surface area contributed by atoms with Crippen LogP contribution in [0, 0.1) is 11.8 Å². The summed E-state index contributed by atoms with van der Waals surface area (Å²) in [5, 5.41) is 0.236. The van der Waals surface area contributed by atoms with Gasteiger partial charge in [-0.1, -0.05) is 40.7 Å². The molecule has 0 aliphatic rings. The molecule has 0 heterocycles. The van der Waals surface area contributed by atoms with Crippen LogP contribution in [0.25, 0.3) is 0 Å². The molecule has 0 rings (SSSR count). The Morgan fingerprint density at radius 3 is 2.18 bits per heavy atom. The summed E-state index contributed by atoms with van der Waals surface area (Å²) in [5.41, 5.74) is 0. The second-order valence-electron chi connectivity index (χ2n) is 7.70. The van der Waals surface area contributed by atoms with Crippen molar-refractivity contribution in [3.8, 4) is 0 Å². The Hall–Kier alpha value is 0.567. The summed E-state index contributed by atoms with van der Waals surface area (Å²) >= 11 is 2.35. The summed E-state index contributed by atoms with van der Waals surface area (Å²) in [6.07, 6.45) is 2.36. The molecule has 0 aliphatic carbocycles. The second kappa shape index (κ2) is 9.76. The third-order valence-electron chi connectivity index (χ3n) is 4.46. The number of hydrogen-bond acceptors (Lipinski definition) is 3. The Labute approximate surface area is 152 Å². The SMILES string of the molecule is COCO[C@H]([C@@H](C)/C=C(\C)I)[C@@H](C)CO[Si](C)(C)C(C)(C)C. The van der Waals surface area contributed by atoms with Crippen molar-refractivity contribution in [2.45, 2.75) is 65.8 Å². The van der Waals surface area contributed by atoms with Gasteiger partial charge < -0.3 is 13.9 Å². The Morgan fingerprint density at radius 1 is 1.23 bits per heavy atom. The topological polar surface area (TPSA) is 27.7 Å². The maximum Gasteiger partial charge on any atom is 0.191 e. The molecule has 0 saturated heterocycles. The van der Waals surface area contributed by atoms with Gasteiger partial charge in [0.25, 0.3) is 0 Å². The van der Waals surface area contributed by atoms with Gasteiger partial charge in [0.1, 0.15) is 6.79 Å². The number of hydrogen-bond donors (Lipinski definition) is 0. The minimum absolute atomic E-state index is 0.106. The van der Waals surface area contributed by atoms with Crippen LogP contribution in [-0.4, -0.2) is 34.9 Å². The average molecular weight is 442 g/mol. The summed E-state index contributed by atoms with van der Waals surface area (Å²) in [5.74, 6) is 0.663. The predicted octanol–water partition coefficient (Wildman–Crippen LogP) is 5.61. The van der Waals surface area contributed by atoms with Crippen molar-refractivity contribution < 1.29 is 13.9 Å². The fourth-order valence-electron chi connectivity index (χ4n) is 2.09. The van der Waals surface area contributed by atoms with Crippen LogP contribution in [0.3, 0.4) is 0 Å². The maximum atomic E-state index is 6.37. The lowest BCUT2D eigenvalue weighted by Crippen LogP contribution is -2.43. The van der Waals surface area contributed by atoms with Crippen molar-refractivity contribution in [1.82, 2.24) is 0 Å². The van der Waals surface area contributed by atoms with Gasteiger partial charge >= 0.3 is 0 Å². The fraction of sp³-hybridized carbons (Fsp3) is 0.882. The zero-order valence-electron chi connectivity index (χ0n) is 15.8. The normalized spacial score (nSPS) is 18.2. The van der Waals surface area contributed by atoms with Crippen molar-refractivity contribution in [1.29, 1.82) is 0 Å². The van der Waals surface area contributed by atoms with Crippen molar-refractivity contribution in [2.75, 3.05) is 20.5 Å². The monoisotopic (exact) mass is 442 g/mol. The quantitative estimate of drug-likeness (QED) is 0.264. The van der Waals surface area contributed by atoms with Gasteiger partial charge in [-0.3, -0.25) is 0 Å². The van der Waals surface area contributed by atoms with Gasteiger partial charge in [0.15, 0.2) is 8.32 Å². The van der Waals surface area contributed by atoms with Crippen molar-refractivity contribution in [2.24, 2.45) is 11.8 Å². The van der Waals surface area contributed by atoms with Gasteiger partial charge in [-0.25, -0.2) is 0 Å². The molecule has 22 heavy (non-hydrogen) atoms. The first-order valence-corrected chi connectivity index (χ1v) is 12.0. The molecule has 0 spiro atoms. The Balaban J connectivity index is 4.83. The smallest absolute Gasteiger partial charge is 0.191 e. The van der Waals surface area contributed by atoms with E-state index in [0.29, 0.717) is 18.6 Å². The molecule has 5 heteroatoms. The summed E-state index contributed by atoms with van der Waals surface area (Å²) in [4.78, 5) is 0. The Bertz CT molecular complexity index is 346. The lowest BCUT2D eigenvalue weighted by molar-refractivity contribution is -0.106. The first-order valence-electron chi connectivity index (χ1n) is 8.00. The molecule has 0 amide bonds. The van der Waals surface area contributed by atoms with Crippen molar-refractivity contribution >= 4 is 30.9 Å². The minimum Gasteiger partial charge on any atom is -0.416 e. The molecule has 0 unspecified atom stereocenters. The highest BCUT2D eigenvalue weighted by Crippen LogP contribution is 2.37. The standard InChI is InChI=1S/C17H35IO3Si/c1-13(10-15(3)18)16(20-12-19-7)14(2)11-21-22(8,9)17(4,5)6/h10,13-14,16H,11-12H2,1-9H3/b15-10+/t13-,14-,16+/m0/s1. The van der Waals surface area contributed by atoms with E-state index in [1.54, 1.807) is 7.11 Å². The minimum atomic E-state index is -1.72. The Kier molecular flexibility index (Phi) is 10.0. The molecule has 3 nitrogen and oxygen atoms in total. The zero-order chi connectivity index (χ0) is 17.6. The molecule has 0 fully saturated rings. The van der Waals surface area contributed by atoms with E-state index in [4.69, 9.17) is 13.9 Å². The lowest BCUT2D eigenvalue weighted by Gasteiger charge is -2.38. The van der Waals surface area contributed by atoms with Crippen LogP contribution in [0.4, 0.5) is 0 Å². The number of ether oxygens (including phenoxy) is 2. The number of allylic oxidation sites excluding steroid dienone is 1. The van der Waals surface area contributed by atoms with Crippen LogP contribution >= 0.6 is 22.6 Å².